The van der Waals surface area contributed by atoms with Gasteiger partial charge in [0.2, 0.25) is 0 Å². The molecule has 2 aromatic carbocycles. The quantitative estimate of drug-likeness (QED) is 0.769. The molecule has 152 valence electrons. The van der Waals surface area contributed by atoms with Crippen LogP contribution in [0.1, 0.15) is 48.8 Å². The number of likely N-dealkylation sites (tertiary alicyclic amines) is 1. The number of aliphatic hydroxyl groups excluding tert-OH is 1. The van der Waals surface area contributed by atoms with Crippen molar-refractivity contribution in [3.63, 3.8) is 0 Å². The van der Waals surface area contributed by atoms with Crippen LogP contribution in [0, 0.1) is 0 Å². The number of hydrogen-bond donors (Lipinski definition) is 2. The first-order valence-corrected chi connectivity index (χ1v) is 10.5. The Morgan fingerprint density at radius 3 is 2.61 bits per heavy atom. The molecule has 1 fully saturated rings. The molecule has 0 bridgehead atoms. The third kappa shape index (κ3) is 4.44. The lowest BCUT2D eigenvalue weighted by Gasteiger charge is -2.41. The number of halogens is 1. The van der Waals surface area contributed by atoms with Gasteiger partial charge in [0.05, 0.1) is 6.61 Å². The van der Waals surface area contributed by atoms with Crippen LogP contribution in [-0.2, 0) is 6.42 Å². The number of nitrogens with zero attached hydrogens (tertiary/aromatic N) is 1. The van der Waals surface area contributed by atoms with Crippen LogP contribution >= 0.6 is 12.4 Å². The number of rotatable bonds is 6. The van der Waals surface area contributed by atoms with Crippen molar-refractivity contribution in [2.24, 2.45) is 0 Å². The van der Waals surface area contributed by atoms with Crippen molar-refractivity contribution < 1.29 is 5.11 Å². The van der Waals surface area contributed by atoms with E-state index in [1.807, 2.05) is 0 Å². The van der Waals surface area contributed by atoms with Crippen LogP contribution in [0.5, 0.6) is 0 Å². The van der Waals surface area contributed by atoms with E-state index in [0.29, 0.717) is 24.0 Å². The molecule has 2 N–H and O–H groups in total. The smallest absolute Gasteiger partial charge is 0.0558 e. The first-order valence-electron chi connectivity index (χ1n) is 10.5. The van der Waals surface area contributed by atoms with E-state index in [-0.39, 0.29) is 19.0 Å². The Hall–Kier alpha value is -1.39. The molecule has 4 atom stereocenters. The monoisotopic (exact) mass is 400 g/mol. The highest BCUT2D eigenvalue weighted by molar-refractivity contribution is 5.85. The lowest BCUT2D eigenvalue weighted by molar-refractivity contribution is 0.0916. The van der Waals surface area contributed by atoms with Gasteiger partial charge in [-0.3, -0.25) is 4.90 Å². The van der Waals surface area contributed by atoms with Gasteiger partial charge >= 0.3 is 0 Å². The summed E-state index contributed by atoms with van der Waals surface area (Å²) in [5, 5.41) is 13.5. The van der Waals surface area contributed by atoms with Crippen molar-refractivity contribution in [3.05, 3.63) is 71.3 Å². The molecule has 0 aromatic heterocycles. The summed E-state index contributed by atoms with van der Waals surface area (Å²) in [4.78, 5) is 2.49. The molecule has 1 aliphatic carbocycles. The zero-order chi connectivity index (χ0) is 18.6. The maximum atomic E-state index is 9.45. The number of nitrogens with one attached hydrogen (secondary N) is 1. The van der Waals surface area contributed by atoms with E-state index < -0.39 is 0 Å². The average molecular weight is 401 g/mol. The fourth-order valence-corrected chi connectivity index (χ4v) is 5.26. The molecule has 2 aromatic rings. The maximum Gasteiger partial charge on any atom is 0.0558 e. The Morgan fingerprint density at radius 2 is 1.82 bits per heavy atom. The molecule has 0 radical (unpaired) electrons. The Bertz CT molecular complexity index is 736. The number of benzene rings is 2. The van der Waals surface area contributed by atoms with Gasteiger partial charge in [0.25, 0.3) is 0 Å². The van der Waals surface area contributed by atoms with Crippen molar-refractivity contribution in [1.82, 2.24) is 10.2 Å². The van der Waals surface area contributed by atoms with Crippen LogP contribution in [0.3, 0.4) is 0 Å². The number of β-amino-alcohol motifs (C(OH)–C–C–N with tert-alkyl or cyclic N) is 1. The molecule has 1 aliphatic heterocycles. The van der Waals surface area contributed by atoms with Crippen molar-refractivity contribution in [2.45, 2.75) is 56.7 Å². The van der Waals surface area contributed by atoms with Gasteiger partial charge in [-0.2, -0.15) is 0 Å². The van der Waals surface area contributed by atoms with Crippen LogP contribution in [-0.4, -0.2) is 47.8 Å². The minimum atomic E-state index is 0. The highest BCUT2D eigenvalue weighted by Crippen LogP contribution is 2.38. The van der Waals surface area contributed by atoms with E-state index in [4.69, 9.17) is 0 Å². The summed E-state index contributed by atoms with van der Waals surface area (Å²) >= 11 is 0. The van der Waals surface area contributed by atoms with Gasteiger partial charge in [0.15, 0.2) is 0 Å². The molecule has 2 aliphatic rings. The highest BCUT2D eigenvalue weighted by Gasteiger charge is 2.36. The molecule has 1 heterocycles. The Labute approximate surface area is 175 Å². The number of aliphatic hydroxyl groups is 1. The third-order valence-electron chi connectivity index (χ3n) is 6.50. The molecule has 4 rings (SSSR count). The SMILES string of the molecule is CC(NC1Cc2ccccc2C1c1ccccc1)C1CCCCN1CCO.Cl. The normalized spacial score (nSPS) is 25.7. The van der Waals surface area contributed by atoms with Gasteiger partial charge < -0.3 is 10.4 Å². The Balaban J connectivity index is 0.00000225. The first-order chi connectivity index (χ1) is 13.3. The largest absolute Gasteiger partial charge is 0.395 e. The third-order valence-corrected chi connectivity index (χ3v) is 6.50. The van der Waals surface area contributed by atoms with Crippen molar-refractivity contribution >= 4 is 12.4 Å². The predicted octanol–water partition coefficient (Wildman–Crippen LogP) is 3.99. The summed E-state index contributed by atoms with van der Waals surface area (Å²) in [7, 11) is 0. The van der Waals surface area contributed by atoms with E-state index in [1.165, 1.54) is 36.0 Å². The van der Waals surface area contributed by atoms with Gasteiger partial charge in [0.1, 0.15) is 0 Å². The fraction of sp³-hybridized carbons (Fsp3) is 0.500. The van der Waals surface area contributed by atoms with Gasteiger partial charge in [0, 0.05) is 30.6 Å². The van der Waals surface area contributed by atoms with Crippen molar-refractivity contribution in [2.75, 3.05) is 19.7 Å². The van der Waals surface area contributed by atoms with E-state index in [1.54, 1.807) is 0 Å². The Kier molecular flexibility index (Phi) is 7.53. The minimum Gasteiger partial charge on any atom is -0.395 e. The molecular formula is C24H33ClN2O. The predicted molar refractivity (Wildman–Crippen MR) is 118 cm³/mol. The fourth-order valence-electron chi connectivity index (χ4n) is 5.26. The van der Waals surface area contributed by atoms with Crippen molar-refractivity contribution in [1.29, 1.82) is 0 Å². The molecule has 4 unspecified atom stereocenters. The summed E-state index contributed by atoms with van der Waals surface area (Å²) in [6, 6.07) is 21.2. The molecule has 0 spiro atoms. The molecule has 28 heavy (non-hydrogen) atoms. The number of fused-ring (bicyclic) bond motifs is 1. The van der Waals surface area contributed by atoms with Gasteiger partial charge in [-0.05, 0) is 49.4 Å². The van der Waals surface area contributed by atoms with E-state index in [2.05, 4.69) is 71.7 Å². The molecular weight excluding hydrogens is 368 g/mol. The lowest BCUT2D eigenvalue weighted by atomic mass is 9.89. The van der Waals surface area contributed by atoms with E-state index in [9.17, 15) is 5.11 Å². The molecule has 3 nitrogen and oxygen atoms in total. The topological polar surface area (TPSA) is 35.5 Å². The van der Waals surface area contributed by atoms with Crippen LogP contribution in [0.2, 0.25) is 0 Å². The lowest BCUT2D eigenvalue weighted by Crippen LogP contribution is -2.54. The van der Waals surface area contributed by atoms with E-state index >= 15 is 0 Å². The van der Waals surface area contributed by atoms with Gasteiger partial charge in [-0.1, -0.05) is 61.0 Å². The van der Waals surface area contributed by atoms with Gasteiger partial charge in [-0.25, -0.2) is 0 Å². The zero-order valence-corrected chi connectivity index (χ0v) is 17.6. The molecule has 1 saturated heterocycles. The number of hydrogen-bond acceptors (Lipinski definition) is 3. The second-order valence-corrected chi connectivity index (χ2v) is 8.18. The maximum absolute atomic E-state index is 9.45. The molecule has 4 heteroatoms. The van der Waals surface area contributed by atoms with Crippen LogP contribution in [0.15, 0.2) is 54.6 Å². The second kappa shape index (κ2) is 9.89. The van der Waals surface area contributed by atoms with Crippen molar-refractivity contribution in [3.8, 4) is 0 Å². The second-order valence-electron chi connectivity index (χ2n) is 8.18. The summed E-state index contributed by atoms with van der Waals surface area (Å²) in [6.07, 6.45) is 4.87. The molecule has 0 saturated carbocycles. The minimum absolute atomic E-state index is 0. The average Bonchev–Trinajstić information content (AvgIpc) is 3.07. The molecule has 0 amide bonds. The summed E-state index contributed by atoms with van der Waals surface area (Å²) in [5.41, 5.74) is 4.36. The van der Waals surface area contributed by atoms with E-state index in [0.717, 1.165) is 19.5 Å². The highest BCUT2D eigenvalue weighted by atomic mass is 35.5. The number of piperidine rings is 1. The summed E-state index contributed by atoms with van der Waals surface area (Å²) < 4.78 is 0. The summed E-state index contributed by atoms with van der Waals surface area (Å²) in [6.45, 7) is 4.50. The van der Waals surface area contributed by atoms with Gasteiger partial charge in [-0.15, -0.1) is 12.4 Å². The first kappa shape index (κ1) is 21.3. The summed E-state index contributed by atoms with van der Waals surface area (Å²) in [5.74, 6) is 0.416. The van der Waals surface area contributed by atoms with Crippen LogP contribution in [0.25, 0.3) is 0 Å². The van der Waals surface area contributed by atoms with Crippen LogP contribution in [0.4, 0.5) is 0 Å². The Morgan fingerprint density at radius 1 is 1.07 bits per heavy atom. The zero-order valence-electron chi connectivity index (χ0n) is 16.8. The standard InChI is InChI=1S/C24H32N2O.ClH/c1-18(23-13-7-8-14-26(23)15-16-27)25-22-17-20-11-5-6-12-21(20)24(22)19-9-3-2-4-10-19;/h2-6,9-12,18,22-25,27H,7-8,13-17H2,1H3;1H. The van der Waals surface area contributed by atoms with Crippen LogP contribution < -0.4 is 5.32 Å².